The van der Waals surface area contributed by atoms with Gasteiger partial charge in [0, 0.05) is 24.7 Å². The molecule has 1 heterocycles. The SMILES string of the molecule is CCS(=O)(=O)CCCN1CCOC(CCl)C1. The number of rotatable bonds is 6. The molecule has 0 spiro atoms. The van der Waals surface area contributed by atoms with Crippen molar-refractivity contribution < 1.29 is 13.2 Å². The fourth-order valence-electron chi connectivity index (χ4n) is 1.73. The Morgan fingerprint density at radius 3 is 2.88 bits per heavy atom. The lowest BCUT2D eigenvalue weighted by atomic mass is 10.3. The molecular weight excluding hydrogens is 250 g/mol. The summed E-state index contributed by atoms with van der Waals surface area (Å²) < 4.78 is 28.0. The van der Waals surface area contributed by atoms with Crippen molar-refractivity contribution in [3.05, 3.63) is 0 Å². The van der Waals surface area contributed by atoms with E-state index in [1.54, 1.807) is 6.92 Å². The van der Waals surface area contributed by atoms with Gasteiger partial charge in [-0.05, 0) is 13.0 Å². The minimum atomic E-state index is -2.82. The lowest BCUT2D eigenvalue weighted by Crippen LogP contribution is -2.43. The van der Waals surface area contributed by atoms with E-state index in [-0.39, 0.29) is 17.6 Å². The molecule has 0 amide bonds. The Hall–Kier alpha value is 0.160. The first-order chi connectivity index (χ1) is 7.57. The molecular formula is C10H20ClNO3S. The van der Waals surface area contributed by atoms with E-state index in [0.29, 0.717) is 18.9 Å². The largest absolute Gasteiger partial charge is 0.374 e. The minimum absolute atomic E-state index is 0.0956. The van der Waals surface area contributed by atoms with Gasteiger partial charge in [0.2, 0.25) is 0 Å². The van der Waals surface area contributed by atoms with Gasteiger partial charge < -0.3 is 4.74 Å². The molecule has 4 nitrogen and oxygen atoms in total. The number of sulfone groups is 1. The Bertz CT molecular complexity index is 294. The van der Waals surface area contributed by atoms with Crippen LogP contribution in [0.1, 0.15) is 13.3 Å². The molecule has 1 aliphatic heterocycles. The molecule has 0 saturated carbocycles. The third-order valence-electron chi connectivity index (χ3n) is 2.76. The first kappa shape index (κ1) is 14.2. The van der Waals surface area contributed by atoms with E-state index in [2.05, 4.69) is 4.90 Å². The van der Waals surface area contributed by atoms with Crippen molar-refractivity contribution in [1.29, 1.82) is 0 Å². The van der Waals surface area contributed by atoms with Gasteiger partial charge in [-0.15, -0.1) is 11.6 Å². The van der Waals surface area contributed by atoms with Gasteiger partial charge in [-0.3, -0.25) is 4.90 Å². The van der Waals surface area contributed by atoms with Gasteiger partial charge in [0.1, 0.15) is 9.84 Å². The molecule has 1 unspecified atom stereocenters. The first-order valence-corrected chi connectivity index (χ1v) is 8.03. The van der Waals surface area contributed by atoms with Crippen LogP contribution >= 0.6 is 11.6 Å². The molecule has 1 atom stereocenters. The number of nitrogens with zero attached hydrogens (tertiary/aromatic N) is 1. The zero-order valence-electron chi connectivity index (χ0n) is 9.69. The summed E-state index contributed by atoms with van der Waals surface area (Å²) in [6, 6.07) is 0. The Balaban J connectivity index is 2.22. The van der Waals surface area contributed by atoms with Crippen molar-refractivity contribution in [1.82, 2.24) is 4.90 Å². The van der Waals surface area contributed by atoms with Crippen molar-refractivity contribution in [2.45, 2.75) is 19.4 Å². The third kappa shape index (κ3) is 4.99. The summed E-state index contributed by atoms with van der Waals surface area (Å²) in [4.78, 5) is 2.22. The van der Waals surface area contributed by atoms with Gasteiger partial charge in [-0.1, -0.05) is 6.92 Å². The monoisotopic (exact) mass is 269 g/mol. The second kappa shape index (κ2) is 6.79. The van der Waals surface area contributed by atoms with Gasteiger partial charge >= 0.3 is 0 Å². The van der Waals surface area contributed by atoms with Gasteiger partial charge in [0.25, 0.3) is 0 Å². The topological polar surface area (TPSA) is 46.6 Å². The summed E-state index contributed by atoms with van der Waals surface area (Å²) in [7, 11) is -2.82. The molecule has 0 aromatic heterocycles. The average molecular weight is 270 g/mol. The number of ether oxygens (including phenoxy) is 1. The van der Waals surface area contributed by atoms with Crippen LogP contribution in [0.15, 0.2) is 0 Å². The number of hydrogen-bond acceptors (Lipinski definition) is 4. The van der Waals surface area contributed by atoms with Crippen molar-refractivity contribution >= 4 is 21.4 Å². The van der Waals surface area contributed by atoms with Gasteiger partial charge in [-0.2, -0.15) is 0 Å². The van der Waals surface area contributed by atoms with Crippen LogP contribution in [0.4, 0.5) is 0 Å². The zero-order chi connectivity index (χ0) is 12.0. The van der Waals surface area contributed by atoms with Crippen LogP contribution in [0, 0.1) is 0 Å². The molecule has 6 heteroatoms. The van der Waals surface area contributed by atoms with E-state index < -0.39 is 9.84 Å². The number of morpholine rings is 1. The van der Waals surface area contributed by atoms with Crippen LogP contribution in [-0.4, -0.2) is 63.0 Å². The maximum absolute atomic E-state index is 11.3. The molecule has 0 radical (unpaired) electrons. The lowest BCUT2D eigenvalue weighted by molar-refractivity contribution is -0.0161. The standard InChI is InChI=1S/C10H20ClNO3S/c1-2-16(13,14)7-3-4-12-5-6-15-10(8-11)9-12/h10H,2-9H2,1H3. The quantitative estimate of drug-likeness (QED) is 0.668. The third-order valence-corrected chi connectivity index (χ3v) is 4.90. The minimum Gasteiger partial charge on any atom is -0.374 e. The maximum atomic E-state index is 11.3. The molecule has 16 heavy (non-hydrogen) atoms. The van der Waals surface area contributed by atoms with E-state index in [1.165, 1.54) is 0 Å². The number of alkyl halides is 1. The summed E-state index contributed by atoms with van der Waals surface area (Å²) in [5, 5.41) is 0. The summed E-state index contributed by atoms with van der Waals surface area (Å²) in [5.74, 6) is 1.02. The van der Waals surface area contributed by atoms with Crippen molar-refractivity contribution in [3.63, 3.8) is 0 Å². The molecule has 1 rings (SSSR count). The molecule has 0 aromatic carbocycles. The van der Waals surface area contributed by atoms with E-state index in [4.69, 9.17) is 16.3 Å². The van der Waals surface area contributed by atoms with E-state index in [9.17, 15) is 8.42 Å². The molecule has 1 aliphatic rings. The zero-order valence-corrected chi connectivity index (χ0v) is 11.3. The Morgan fingerprint density at radius 1 is 1.50 bits per heavy atom. The van der Waals surface area contributed by atoms with Crippen LogP contribution < -0.4 is 0 Å². The Labute approximate surface area is 103 Å². The summed E-state index contributed by atoms with van der Waals surface area (Å²) in [6.07, 6.45) is 0.795. The van der Waals surface area contributed by atoms with E-state index >= 15 is 0 Å². The van der Waals surface area contributed by atoms with Crippen LogP contribution in [-0.2, 0) is 14.6 Å². The average Bonchev–Trinajstić information content (AvgIpc) is 2.29. The molecule has 0 N–H and O–H groups in total. The predicted molar refractivity (Wildman–Crippen MR) is 65.8 cm³/mol. The van der Waals surface area contributed by atoms with Gasteiger partial charge in [0.05, 0.1) is 18.5 Å². The lowest BCUT2D eigenvalue weighted by Gasteiger charge is -2.31. The van der Waals surface area contributed by atoms with Gasteiger partial charge in [-0.25, -0.2) is 8.42 Å². The molecule has 0 bridgehead atoms. The highest BCUT2D eigenvalue weighted by Gasteiger charge is 2.19. The molecule has 1 fully saturated rings. The second-order valence-electron chi connectivity index (χ2n) is 4.04. The first-order valence-electron chi connectivity index (χ1n) is 5.67. The number of halogens is 1. The maximum Gasteiger partial charge on any atom is 0.150 e. The Kier molecular flexibility index (Phi) is 6.03. The highest BCUT2D eigenvalue weighted by Crippen LogP contribution is 2.07. The van der Waals surface area contributed by atoms with E-state index in [0.717, 1.165) is 19.6 Å². The summed E-state index contributed by atoms with van der Waals surface area (Å²) in [5.41, 5.74) is 0. The Morgan fingerprint density at radius 2 is 2.25 bits per heavy atom. The molecule has 0 aromatic rings. The van der Waals surface area contributed by atoms with Crippen molar-refractivity contribution in [3.8, 4) is 0 Å². The highest BCUT2D eigenvalue weighted by atomic mass is 35.5. The van der Waals surface area contributed by atoms with Crippen LogP contribution in [0.5, 0.6) is 0 Å². The highest BCUT2D eigenvalue weighted by molar-refractivity contribution is 7.91. The van der Waals surface area contributed by atoms with Crippen molar-refractivity contribution in [2.75, 3.05) is 43.6 Å². The summed E-state index contributed by atoms with van der Waals surface area (Å²) >= 11 is 5.73. The predicted octanol–water partition coefficient (Wildman–Crippen LogP) is 0.751. The van der Waals surface area contributed by atoms with Gasteiger partial charge in [0.15, 0.2) is 0 Å². The molecule has 96 valence electrons. The molecule has 1 saturated heterocycles. The van der Waals surface area contributed by atoms with Crippen molar-refractivity contribution in [2.24, 2.45) is 0 Å². The van der Waals surface area contributed by atoms with Crippen LogP contribution in [0.2, 0.25) is 0 Å². The normalized spacial score (nSPS) is 23.5. The van der Waals surface area contributed by atoms with Crippen LogP contribution in [0.3, 0.4) is 0 Å². The number of hydrogen-bond donors (Lipinski definition) is 0. The van der Waals surface area contributed by atoms with Crippen LogP contribution in [0.25, 0.3) is 0 Å². The summed E-state index contributed by atoms with van der Waals surface area (Å²) in [6.45, 7) is 4.89. The molecule has 0 aliphatic carbocycles. The fourth-order valence-corrected chi connectivity index (χ4v) is 2.77. The second-order valence-corrected chi connectivity index (χ2v) is 6.82. The van der Waals surface area contributed by atoms with E-state index in [1.807, 2.05) is 0 Å². The smallest absolute Gasteiger partial charge is 0.150 e. The fraction of sp³-hybridized carbons (Fsp3) is 1.00.